The van der Waals surface area contributed by atoms with Gasteiger partial charge in [0.2, 0.25) is 5.91 Å². The number of aromatic nitrogens is 3. The van der Waals surface area contributed by atoms with Crippen molar-refractivity contribution in [3.05, 3.63) is 11.6 Å². The Balaban J connectivity index is 1.19. The summed E-state index contributed by atoms with van der Waals surface area (Å²) < 4.78 is 2.28. The second-order valence-electron chi connectivity index (χ2n) is 7.88. The minimum atomic E-state index is 0.198. The number of carbonyl (C=O) groups excluding carboxylic acids is 1. The van der Waals surface area contributed by atoms with Gasteiger partial charge in [-0.25, -0.2) is 0 Å². The molecule has 0 aromatic carbocycles. The zero-order chi connectivity index (χ0) is 15.4. The second kappa shape index (κ2) is 5.30. The molecule has 3 aliphatic carbocycles. The van der Waals surface area contributed by atoms with Gasteiger partial charge in [-0.05, 0) is 50.4 Å². The number of nitrogens with zero attached hydrogens (tertiary/aromatic N) is 4. The summed E-state index contributed by atoms with van der Waals surface area (Å²) in [4.78, 5) is 14.6. The van der Waals surface area contributed by atoms with E-state index in [4.69, 9.17) is 0 Å². The molecule has 0 unspecified atom stereocenters. The molecule has 4 aliphatic rings. The number of carbonyl (C=O) groups is 1. The normalized spacial score (nSPS) is 24.7. The van der Waals surface area contributed by atoms with Crippen LogP contribution in [0.5, 0.6) is 0 Å². The summed E-state index contributed by atoms with van der Waals surface area (Å²) in [5, 5.41) is 12.0. The average molecular weight is 315 g/mol. The van der Waals surface area contributed by atoms with Crippen LogP contribution >= 0.6 is 0 Å². The number of fused-ring (bicyclic) bond motifs is 1. The summed E-state index contributed by atoms with van der Waals surface area (Å²) in [6, 6.07) is 0.456. The van der Waals surface area contributed by atoms with E-state index in [0.29, 0.717) is 18.5 Å². The van der Waals surface area contributed by atoms with Gasteiger partial charge in [-0.1, -0.05) is 0 Å². The Morgan fingerprint density at radius 2 is 1.83 bits per heavy atom. The van der Waals surface area contributed by atoms with E-state index in [1.807, 2.05) is 0 Å². The van der Waals surface area contributed by atoms with Gasteiger partial charge >= 0.3 is 0 Å². The monoisotopic (exact) mass is 315 g/mol. The van der Waals surface area contributed by atoms with Crippen LogP contribution in [0.3, 0.4) is 0 Å². The van der Waals surface area contributed by atoms with Crippen molar-refractivity contribution >= 4 is 5.91 Å². The van der Waals surface area contributed by atoms with Crippen LogP contribution in [0.1, 0.15) is 56.1 Å². The smallest absolute Gasteiger partial charge is 0.234 e. The molecule has 1 amide bonds. The third-order valence-corrected chi connectivity index (χ3v) is 5.76. The fraction of sp³-hybridized carbons (Fsp3) is 0.824. The third kappa shape index (κ3) is 2.89. The highest BCUT2D eigenvalue weighted by Gasteiger charge is 2.42. The number of hydrogen-bond acceptors (Lipinski definition) is 4. The molecule has 1 N–H and O–H groups in total. The molecule has 6 heteroatoms. The molecular weight excluding hydrogens is 290 g/mol. The molecule has 23 heavy (non-hydrogen) atoms. The molecular formula is C17H25N5O. The van der Waals surface area contributed by atoms with E-state index < -0.39 is 0 Å². The molecule has 0 bridgehead atoms. The molecule has 0 radical (unpaired) electrons. The van der Waals surface area contributed by atoms with Gasteiger partial charge < -0.3 is 9.88 Å². The molecule has 2 heterocycles. The number of nitrogens with one attached hydrogen (secondary N) is 1. The van der Waals surface area contributed by atoms with Crippen molar-refractivity contribution in [1.82, 2.24) is 25.0 Å². The molecule has 0 atom stereocenters. The first kappa shape index (κ1) is 14.0. The molecule has 5 rings (SSSR count). The fourth-order valence-electron chi connectivity index (χ4n) is 3.97. The molecule has 6 nitrogen and oxygen atoms in total. The zero-order valence-electron chi connectivity index (χ0n) is 13.6. The Bertz CT molecular complexity index is 602. The summed E-state index contributed by atoms with van der Waals surface area (Å²) in [6.07, 6.45) is 7.73. The Labute approximate surface area is 136 Å². The van der Waals surface area contributed by atoms with E-state index in [-0.39, 0.29) is 5.91 Å². The zero-order valence-corrected chi connectivity index (χ0v) is 13.6. The molecule has 0 saturated heterocycles. The van der Waals surface area contributed by atoms with Gasteiger partial charge in [0.1, 0.15) is 11.6 Å². The lowest BCUT2D eigenvalue weighted by Crippen LogP contribution is -2.46. The Hall–Kier alpha value is -1.43. The van der Waals surface area contributed by atoms with Crippen LogP contribution in [0.4, 0.5) is 0 Å². The summed E-state index contributed by atoms with van der Waals surface area (Å²) in [5.41, 5.74) is 0. The van der Waals surface area contributed by atoms with E-state index in [0.717, 1.165) is 37.3 Å². The van der Waals surface area contributed by atoms with Crippen LogP contribution in [0, 0.1) is 11.8 Å². The minimum Gasteiger partial charge on any atom is -0.352 e. The van der Waals surface area contributed by atoms with Gasteiger partial charge in [-0.2, -0.15) is 0 Å². The summed E-state index contributed by atoms with van der Waals surface area (Å²) in [6.45, 7) is 3.11. The lowest BCUT2D eigenvalue weighted by atomic mass is 10.1. The molecule has 1 aromatic heterocycles. The van der Waals surface area contributed by atoms with Gasteiger partial charge in [-0.3, -0.25) is 9.69 Å². The molecule has 1 aliphatic heterocycles. The Kier molecular flexibility index (Phi) is 3.21. The maximum Gasteiger partial charge on any atom is 0.234 e. The van der Waals surface area contributed by atoms with Crippen LogP contribution in [-0.4, -0.2) is 44.7 Å². The first-order valence-electron chi connectivity index (χ1n) is 9.21. The maximum absolute atomic E-state index is 12.4. The average Bonchev–Trinajstić information content (AvgIpc) is 3.41. The van der Waals surface area contributed by atoms with Gasteiger partial charge in [0.25, 0.3) is 0 Å². The Morgan fingerprint density at radius 1 is 1.09 bits per heavy atom. The first-order chi connectivity index (χ1) is 11.3. The lowest BCUT2D eigenvalue weighted by Gasteiger charge is -2.28. The highest BCUT2D eigenvalue weighted by molar-refractivity contribution is 5.78. The van der Waals surface area contributed by atoms with E-state index >= 15 is 0 Å². The summed E-state index contributed by atoms with van der Waals surface area (Å²) >= 11 is 0. The standard InChI is InChI=1S/C17H25N5O/c23-15(18-16(11-1-2-11)12-3-4-12)10-21-7-8-22-14(9-21)19-20-17(22)13-5-6-13/h11-13,16H,1-10H2,(H,18,23). The fourth-order valence-corrected chi connectivity index (χ4v) is 3.97. The summed E-state index contributed by atoms with van der Waals surface area (Å²) in [7, 11) is 0. The predicted octanol–water partition coefficient (Wildman–Crippen LogP) is 1.28. The number of rotatable bonds is 6. The van der Waals surface area contributed by atoms with Gasteiger partial charge in [0.05, 0.1) is 13.1 Å². The molecule has 1 aromatic rings. The van der Waals surface area contributed by atoms with Crippen molar-refractivity contribution in [2.45, 2.75) is 63.6 Å². The molecule has 3 fully saturated rings. The minimum absolute atomic E-state index is 0.198. The van der Waals surface area contributed by atoms with Gasteiger partial charge in [-0.15, -0.1) is 10.2 Å². The van der Waals surface area contributed by atoms with E-state index in [1.165, 1.54) is 44.3 Å². The number of amides is 1. The highest BCUT2D eigenvalue weighted by Crippen LogP contribution is 2.44. The van der Waals surface area contributed by atoms with Gasteiger partial charge in [0, 0.05) is 25.0 Å². The van der Waals surface area contributed by atoms with Crippen LogP contribution < -0.4 is 5.32 Å². The molecule has 124 valence electrons. The van der Waals surface area contributed by atoms with E-state index in [9.17, 15) is 4.79 Å². The molecule has 3 saturated carbocycles. The van der Waals surface area contributed by atoms with Crippen molar-refractivity contribution in [1.29, 1.82) is 0 Å². The van der Waals surface area contributed by atoms with Crippen molar-refractivity contribution in [3.63, 3.8) is 0 Å². The quantitative estimate of drug-likeness (QED) is 0.859. The number of hydrogen-bond donors (Lipinski definition) is 1. The van der Waals surface area contributed by atoms with Crippen molar-refractivity contribution in [3.8, 4) is 0 Å². The Morgan fingerprint density at radius 3 is 2.48 bits per heavy atom. The van der Waals surface area contributed by atoms with Crippen molar-refractivity contribution in [2.24, 2.45) is 11.8 Å². The highest BCUT2D eigenvalue weighted by atomic mass is 16.2. The van der Waals surface area contributed by atoms with Gasteiger partial charge in [0.15, 0.2) is 0 Å². The first-order valence-corrected chi connectivity index (χ1v) is 9.21. The maximum atomic E-state index is 12.4. The SMILES string of the molecule is O=C(CN1CCn2c(nnc2C2CC2)C1)NC(C1CC1)C1CC1. The largest absolute Gasteiger partial charge is 0.352 e. The van der Waals surface area contributed by atoms with Crippen LogP contribution in [0.25, 0.3) is 0 Å². The van der Waals surface area contributed by atoms with Crippen LogP contribution in [0.2, 0.25) is 0 Å². The lowest BCUT2D eigenvalue weighted by molar-refractivity contribution is -0.123. The van der Waals surface area contributed by atoms with Crippen LogP contribution in [0.15, 0.2) is 0 Å². The second-order valence-corrected chi connectivity index (χ2v) is 7.88. The molecule has 0 spiro atoms. The van der Waals surface area contributed by atoms with Crippen molar-refractivity contribution < 1.29 is 4.79 Å². The summed E-state index contributed by atoms with van der Waals surface area (Å²) in [5.74, 6) is 4.57. The van der Waals surface area contributed by atoms with Crippen molar-refractivity contribution in [2.75, 3.05) is 13.1 Å². The predicted molar refractivity (Wildman–Crippen MR) is 84.7 cm³/mol. The third-order valence-electron chi connectivity index (χ3n) is 5.76. The van der Waals surface area contributed by atoms with Crippen LogP contribution in [-0.2, 0) is 17.9 Å². The topological polar surface area (TPSA) is 63.1 Å². The van der Waals surface area contributed by atoms with E-state index in [1.54, 1.807) is 0 Å². The van der Waals surface area contributed by atoms with E-state index in [2.05, 4.69) is 25.0 Å².